The highest BCUT2D eigenvalue weighted by Crippen LogP contribution is 2.30. The van der Waals surface area contributed by atoms with Crippen LogP contribution in [0.3, 0.4) is 0 Å². The smallest absolute Gasteiger partial charge is 0.265 e. The van der Waals surface area contributed by atoms with E-state index in [0.29, 0.717) is 18.0 Å². The number of carbonyl (C=O) groups is 2. The Hall–Kier alpha value is -2.08. The highest BCUT2D eigenvalue weighted by molar-refractivity contribution is 6.02. The van der Waals surface area contributed by atoms with Crippen LogP contribution in [0.5, 0.6) is 5.75 Å². The van der Waals surface area contributed by atoms with Gasteiger partial charge in [-0.25, -0.2) is 0 Å². The molecule has 20 heavy (non-hydrogen) atoms. The van der Waals surface area contributed by atoms with Gasteiger partial charge < -0.3 is 15.4 Å². The molecular formula is C14H19N3O3. The highest BCUT2D eigenvalue weighted by Gasteiger charge is 2.26. The van der Waals surface area contributed by atoms with E-state index in [4.69, 9.17) is 4.74 Å². The first kappa shape index (κ1) is 14.3. The molecule has 1 aliphatic heterocycles. The van der Waals surface area contributed by atoms with Crippen LogP contribution in [0.2, 0.25) is 0 Å². The third-order valence-corrected chi connectivity index (χ3v) is 3.21. The van der Waals surface area contributed by atoms with Gasteiger partial charge in [0, 0.05) is 12.6 Å². The molecule has 0 aliphatic carbocycles. The van der Waals surface area contributed by atoms with Gasteiger partial charge in [0.2, 0.25) is 5.91 Å². The second-order valence-corrected chi connectivity index (χ2v) is 4.73. The fourth-order valence-electron chi connectivity index (χ4n) is 1.90. The van der Waals surface area contributed by atoms with Gasteiger partial charge in [0.25, 0.3) is 5.91 Å². The van der Waals surface area contributed by atoms with Crippen molar-refractivity contribution in [2.75, 3.05) is 31.6 Å². The molecule has 2 rings (SSSR count). The van der Waals surface area contributed by atoms with Gasteiger partial charge in [0.05, 0.1) is 5.69 Å². The lowest BCUT2D eigenvalue weighted by Crippen LogP contribution is -2.47. The number of ether oxygens (including phenoxy) is 1. The van der Waals surface area contributed by atoms with E-state index < -0.39 is 0 Å². The number of likely N-dealkylation sites (N-methyl/N-ethyl adjacent to an activating group) is 1. The van der Waals surface area contributed by atoms with Gasteiger partial charge in [-0.3, -0.25) is 14.5 Å². The summed E-state index contributed by atoms with van der Waals surface area (Å²) in [5.74, 6) is 0.237. The molecule has 1 aromatic carbocycles. The largest absolute Gasteiger partial charge is 0.482 e. The molecule has 0 fully saturated rings. The number of nitrogens with zero attached hydrogens (tertiary/aromatic N) is 1. The van der Waals surface area contributed by atoms with Gasteiger partial charge in [-0.15, -0.1) is 0 Å². The Balaban J connectivity index is 2.01. The second-order valence-electron chi connectivity index (χ2n) is 4.73. The standard InChI is InChI=1S/C14H19N3O3/c1-10(15-2)7-16-13(18)8-17-11-5-3-4-6-12(11)20-9-14(17)19/h3-6,10,15H,7-9H2,1-2H3,(H,16,18). The van der Waals surface area contributed by atoms with Crippen LogP contribution in [0.15, 0.2) is 24.3 Å². The van der Waals surface area contributed by atoms with E-state index in [1.54, 1.807) is 12.1 Å². The fourth-order valence-corrected chi connectivity index (χ4v) is 1.90. The summed E-state index contributed by atoms with van der Waals surface area (Å²) < 4.78 is 5.33. The van der Waals surface area contributed by atoms with Crippen LogP contribution in [0.1, 0.15) is 6.92 Å². The molecule has 0 saturated heterocycles. The van der Waals surface area contributed by atoms with E-state index in [-0.39, 0.29) is 31.0 Å². The normalized spacial score (nSPS) is 15.3. The van der Waals surface area contributed by atoms with Crippen molar-refractivity contribution in [3.63, 3.8) is 0 Å². The molecule has 0 spiro atoms. The maximum atomic E-state index is 11.9. The summed E-state index contributed by atoms with van der Waals surface area (Å²) in [5, 5.41) is 5.83. The summed E-state index contributed by atoms with van der Waals surface area (Å²) in [4.78, 5) is 25.3. The van der Waals surface area contributed by atoms with E-state index in [2.05, 4.69) is 10.6 Å². The number of hydrogen-bond donors (Lipinski definition) is 2. The molecule has 0 radical (unpaired) electrons. The third-order valence-electron chi connectivity index (χ3n) is 3.21. The van der Waals surface area contributed by atoms with Gasteiger partial charge in [-0.05, 0) is 26.1 Å². The minimum Gasteiger partial charge on any atom is -0.482 e. The zero-order valence-electron chi connectivity index (χ0n) is 11.7. The minimum atomic E-state index is -0.208. The van der Waals surface area contributed by atoms with E-state index in [1.165, 1.54) is 4.90 Å². The Morgan fingerprint density at radius 2 is 2.20 bits per heavy atom. The van der Waals surface area contributed by atoms with Crippen molar-refractivity contribution in [2.45, 2.75) is 13.0 Å². The van der Waals surface area contributed by atoms with E-state index in [0.717, 1.165) is 0 Å². The Morgan fingerprint density at radius 1 is 1.45 bits per heavy atom. The van der Waals surface area contributed by atoms with Gasteiger partial charge >= 0.3 is 0 Å². The third kappa shape index (κ3) is 3.27. The first-order chi connectivity index (χ1) is 9.61. The molecular weight excluding hydrogens is 258 g/mol. The van der Waals surface area contributed by atoms with Crippen LogP contribution in [0, 0.1) is 0 Å². The first-order valence-corrected chi connectivity index (χ1v) is 6.58. The number of para-hydroxylation sites is 2. The maximum Gasteiger partial charge on any atom is 0.265 e. The number of amides is 2. The van der Waals surface area contributed by atoms with E-state index >= 15 is 0 Å². The van der Waals surface area contributed by atoms with Gasteiger partial charge in [0.15, 0.2) is 6.61 Å². The lowest BCUT2D eigenvalue weighted by Gasteiger charge is -2.28. The van der Waals surface area contributed by atoms with Crippen LogP contribution >= 0.6 is 0 Å². The molecule has 1 unspecified atom stereocenters. The summed E-state index contributed by atoms with van der Waals surface area (Å²) in [6.07, 6.45) is 0. The second kappa shape index (κ2) is 6.38. The molecule has 2 N–H and O–H groups in total. The summed E-state index contributed by atoms with van der Waals surface area (Å²) in [5.41, 5.74) is 0.639. The van der Waals surface area contributed by atoms with Crippen LogP contribution in [-0.4, -0.2) is 44.6 Å². The minimum absolute atomic E-state index is 0.00956. The number of hydrogen-bond acceptors (Lipinski definition) is 4. The summed E-state index contributed by atoms with van der Waals surface area (Å²) in [6, 6.07) is 7.40. The van der Waals surface area contributed by atoms with Crippen LogP contribution in [-0.2, 0) is 9.59 Å². The number of nitrogens with one attached hydrogen (secondary N) is 2. The highest BCUT2D eigenvalue weighted by atomic mass is 16.5. The molecule has 2 amide bonds. The molecule has 1 aliphatic rings. The zero-order valence-corrected chi connectivity index (χ0v) is 11.7. The average Bonchev–Trinajstić information content (AvgIpc) is 2.47. The predicted octanol–water partition coefficient (Wildman–Crippen LogP) is 0.136. The maximum absolute atomic E-state index is 11.9. The van der Waals surface area contributed by atoms with Crippen LogP contribution < -0.4 is 20.3 Å². The average molecular weight is 277 g/mol. The van der Waals surface area contributed by atoms with Crippen molar-refractivity contribution in [3.05, 3.63) is 24.3 Å². The Kier molecular flexibility index (Phi) is 4.57. The molecule has 0 bridgehead atoms. The lowest BCUT2D eigenvalue weighted by molar-refractivity contribution is -0.125. The Morgan fingerprint density at radius 3 is 2.95 bits per heavy atom. The van der Waals surface area contributed by atoms with Crippen molar-refractivity contribution in [3.8, 4) is 5.75 Å². The van der Waals surface area contributed by atoms with E-state index in [1.807, 2.05) is 26.1 Å². The van der Waals surface area contributed by atoms with Crippen molar-refractivity contribution in [2.24, 2.45) is 0 Å². The molecule has 1 atom stereocenters. The molecule has 108 valence electrons. The summed E-state index contributed by atoms with van der Waals surface area (Å²) in [7, 11) is 1.83. The number of anilines is 1. The topological polar surface area (TPSA) is 70.7 Å². The molecule has 6 heteroatoms. The molecule has 1 aromatic rings. The number of carbonyl (C=O) groups excluding carboxylic acids is 2. The summed E-state index contributed by atoms with van der Waals surface area (Å²) >= 11 is 0. The van der Waals surface area contributed by atoms with Crippen molar-refractivity contribution in [1.29, 1.82) is 0 Å². The number of benzene rings is 1. The first-order valence-electron chi connectivity index (χ1n) is 6.58. The summed E-state index contributed by atoms with van der Waals surface area (Å²) in [6.45, 7) is 2.47. The van der Waals surface area contributed by atoms with Gasteiger partial charge in [-0.2, -0.15) is 0 Å². The van der Waals surface area contributed by atoms with Gasteiger partial charge in [0.1, 0.15) is 12.3 Å². The van der Waals surface area contributed by atoms with Crippen LogP contribution in [0.25, 0.3) is 0 Å². The SMILES string of the molecule is CNC(C)CNC(=O)CN1C(=O)COc2ccccc21. The van der Waals surface area contributed by atoms with Gasteiger partial charge in [-0.1, -0.05) is 12.1 Å². The number of fused-ring (bicyclic) bond motifs is 1. The molecule has 0 saturated carbocycles. The van der Waals surface area contributed by atoms with Crippen molar-refractivity contribution in [1.82, 2.24) is 10.6 Å². The predicted molar refractivity (Wildman–Crippen MR) is 75.8 cm³/mol. The van der Waals surface area contributed by atoms with Crippen molar-refractivity contribution < 1.29 is 14.3 Å². The fraction of sp³-hybridized carbons (Fsp3) is 0.429. The van der Waals surface area contributed by atoms with Crippen LogP contribution in [0.4, 0.5) is 5.69 Å². The molecule has 1 heterocycles. The molecule has 0 aromatic heterocycles. The van der Waals surface area contributed by atoms with E-state index in [9.17, 15) is 9.59 Å². The zero-order chi connectivity index (χ0) is 14.5. The Labute approximate surface area is 118 Å². The quantitative estimate of drug-likeness (QED) is 0.803. The number of rotatable bonds is 5. The monoisotopic (exact) mass is 277 g/mol. The molecule has 6 nitrogen and oxygen atoms in total. The lowest BCUT2D eigenvalue weighted by atomic mass is 10.2. The Bertz CT molecular complexity index is 504. The van der Waals surface area contributed by atoms with Crippen molar-refractivity contribution >= 4 is 17.5 Å².